The standard InChI is InChI=1S/C18H37N/c1-5-7-8-15(6-2)13-18(19)17-11-9-16(10-12-17)14(3)4/h14-18H,5-13,19H2,1-4H3. The lowest BCUT2D eigenvalue weighted by Gasteiger charge is -2.35. The van der Waals surface area contributed by atoms with Crippen LogP contribution in [0.25, 0.3) is 0 Å². The molecule has 2 atom stereocenters. The van der Waals surface area contributed by atoms with E-state index in [-0.39, 0.29) is 0 Å². The minimum Gasteiger partial charge on any atom is -0.327 e. The van der Waals surface area contributed by atoms with Crippen LogP contribution >= 0.6 is 0 Å². The zero-order valence-electron chi connectivity index (χ0n) is 13.8. The Labute approximate surface area is 121 Å². The molecular formula is C18H37N. The number of hydrogen-bond acceptors (Lipinski definition) is 1. The third-order valence-corrected chi connectivity index (χ3v) is 5.51. The number of unbranched alkanes of at least 4 members (excludes halogenated alkanes) is 1. The molecule has 0 spiro atoms. The fourth-order valence-corrected chi connectivity index (χ4v) is 3.80. The van der Waals surface area contributed by atoms with Crippen LogP contribution in [0, 0.1) is 23.7 Å². The molecule has 0 saturated heterocycles. The van der Waals surface area contributed by atoms with Crippen LogP contribution in [-0.2, 0) is 0 Å². The van der Waals surface area contributed by atoms with Gasteiger partial charge in [0.1, 0.15) is 0 Å². The van der Waals surface area contributed by atoms with Crippen LogP contribution in [0.15, 0.2) is 0 Å². The van der Waals surface area contributed by atoms with Gasteiger partial charge in [0.2, 0.25) is 0 Å². The molecule has 1 fully saturated rings. The topological polar surface area (TPSA) is 26.0 Å². The van der Waals surface area contributed by atoms with Crippen molar-refractivity contribution in [2.75, 3.05) is 0 Å². The molecule has 1 aliphatic carbocycles. The second kappa shape index (κ2) is 9.00. The molecule has 1 aliphatic rings. The van der Waals surface area contributed by atoms with Crippen LogP contribution in [0.3, 0.4) is 0 Å². The molecule has 0 bridgehead atoms. The van der Waals surface area contributed by atoms with E-state index in [2.05, 4.69) is 27.7 Å². The van der Waals surface area contributed by atoms with E-state index in [4.69, 9.17) is 5.73 Å². The molecule has 2 unspecified atom stereocenters. The summed E-state index contributed by atoms with van der Waals surface area (Å²) in [5, 5.41) is 0. The van der Waals surface area contributed by atoms with Crippen LogP contribution in [0.1, 0.15) is 85.5 Å². The second-order valence-corrected chi connectivity index (χ2v) is 7.23. The normalized spacial score (nSPS) is 27.5. The summed E-state index contributed by atoms with van der Waals surface area (Å²) in [5.41, 5.74) is 6.52. The van der Waals surface area contributed by atoms with Crippen molar-refractivity contribution in [1.82, 2.24) is 0 Å². The highest BCUT2D eigenvalue weighted by molar-refractivity contribution is 4.82. The second-order valence-electron chi connectivity index (χ2n) is 7.23. The van der Waals surface area contributed by atoms with Gasteiger partial charge in [-0.1, -0.05) is 53.4 Å². The summed E-state index contributed by atoms with van der Waals surface area (Å²) < 4.78 is 0. The van der Waals surface area contributed by atoms with Crippen LogP contribution < -0.4 is 5.73 Å². The molecule has 114 valence electrons. The summed E-state index contributed by atoms with van der Waals surface area (Å²) >= 11 is 0. The van der Waals surface area contributed by atoms with E-state index < -0.39 is 0 Å². The van der Waals surface area contributed by atoms with Crippen molar-refractivity contribution < 1.29 is 0 Å². The molecule has 1 saturated carbocycles. The highest BCUT2D eigenvalue weighted by atomic mass is 14.7. The van der Waals surface area contributed by atoms with Gasteiger partial charge in [-0.15, -0.1) is 0 Å². The lowest BCUT2D eigenvalue weighted by atomic mass is 9.73. The van der Waals surface area contributed by atoms with E-state index in [1.54, 1.807) is 0 Å². The predicted octanol–water partition coefficient (Wildman–Crippen LogP) is 5.38. The summed E-state index contributed by atoms with van der Waals surface area (Å²) in [6, 6.07) is 0.468. The van der Waals surface area contributed by atoms with Crippen molar-refractivity contribution in [3.63, 3.8) is 0 Å². The van der Waals surface area contributed by atoms with E-state index >= 15 is 0 Å². The van der Waals surface area contributed by atoms with Gasteiger partial charge in [-0.05, 0) is 55.8 Å². The Morgan fingerprint density at radius 1 is 1.00 bits per heavy atom. The molecule has 1 nitrogen and oxygen atoms in total. The number of hydrogen-bond donors (Lipinski definition) is 1. The highest BCUT2D eigenvalue weighted by Gasteiger charge is 2.27. The van der Waals surface area contributed by atoms with E-state index in [1.807, 2.05) is 0 Å². The average Bonchev–Trinajstić information content (AvgIpc) is 2.43. The molecule has 0 amide bonds. The van der Waals surface area contributed by atoms with Crippen molar-refractivity contribution in [2.45, 2.75) is 91.5 Å². The SMILES string of the molecule is CCCCC(CC)CC(N)C1CCC(C(C)C)CC1. The molecule has 1 heteroatoms. The Morgan fingerprint density at radius 3 is 2.05 bits per heavy atom. The first-order valence-corrected chi connectivity index (χ1v) is 8.83. The summed E-state index contributed by atoms with van der Waals surface area (Å²) in [6.45, 7) is 9.38. The first kappa shape index (κ1) is 17.0. The number of rotatable bonds is 8. The fraction of sp³-hybridized carbons (Fsp3) is 1.00. The maximum absolute atomic E-state index is 6.52. The first-order chi connectivity index (χ1) is 9.08. The monoisotopic (exact) mass is 267 g/mol. The van der Waals surface area contributed by atoms with E-state index in [0.29, 0.717) is 6.04 Å². The molecule has 0 aromatic rings. The zero-order valence-corrected chi connectivity index (χ0v) is 13.8. The summed E-state index contributed by atoms with van der Waals surface area (Å²) in [5.74, 6) is 3.51. The Bertz CT molecular complexity index is 216. The van der Waals surface area contributed by atoms with Gasteiger partial charge in [0.25, 0.3) is 0 Å². The fourth-order valence-electron chi connectivity index (χ4n) is 3.80. The van der Waals surface area contributed by atoms with Gasteiger partial charge < -0.3 is 5.73 Å². The molecule has 0 aromatic carbocycles. The largest absolute Gasteiger partial charge is 0.327 e. The first-order valence-electron chi connectivity index (χ1n) is 8.83. The Balaban J connectivity index is 2.31. The van der Waals surface area contributed by atoms with Gasteiger partial charge in [-0.25, -0.2) is 0 Å². The van der Waals surface area contributed by atoms with E-state index in [0.717, 1.165) is 23.7 Å². The summed E-state index contributed by atoms with van der Waals surface area (Å²) in [7, 11) is 0. The Kier molecular flexibility index (Phi) is 8.06. The Morgan fingerprint density at radius 2 is 1.58 bits per heavy atom. The molecule has 2 N–H and O–H groups in total. The van der Waals surface area contributed by atoms with Gasteiger partial charge >= 0.3 is 0 Å². The van der Waals surface area contributed by atoms with Crippen LogP contribution in [0.2, 0.25) is 0 Å². The molecule has 0 radical (unpaired) electrons. The average molecular weight is 268 g/mol. The van der Waals surface area contributed by atoms with Crippen molar-refractivity contribution in [2.24, 2.45) is 29.4 Å². The third kappa shape index (κ3) is 5.85. The van der Waals surface area contributed by atoms with Crippen molar-refractivity contribution in [3.05, 3.63) is 0 Å². The highest BCUT2D eigenvalue weighted by Crippen LogP contribution is 2.36. The maximum Gasteiger partial charge on any atom is 0.00698 e. The molecule has 19 heavy (non-hydrogen) atoms. The van der Waals surface area contributed by atoms with Crippen LogP contribution in [0.4, 0.5) is 0 Å². The minimum atomic E-state index is 0.468. The molecular weight excluding hydrogens is 230 g/mol. The van der Waals surface area contributed by atoms with Crippen molar-refractivity contribution >= 4 is 0 Å². The lowest BCUT2D eigenvalue weighted by molar-refractivity contribution is 0.188. The van der Waals surface area contributed by atoms with Gasteiger partial charge in [0.15, 0.2) is 0 Å². The van der Waals surface area contributed by atoms with Gasteiger partial charge in [0.05, 0.1) is 0 Å². The molecule has 0 aliphatic heterocycles. The molecule has 0 aromatic heterocycles. The van der Waals surface area contributed by atoms with E-state index in [9.17, 15) is 0 Å². The van der Waals surface area contributed by atoms with Crippen LogP contribution in [0.5, 0.6) is 0 Å². The lowest BCUT2D eigenvalue weighted by Crippen LogP contribution is -2.35. The van der Waals surface area contributed by atoms with Crippen molar-refractivity contribution in [1.29, 1.82) is 0 Å². The molecule has 0 heterocycles. The van der Waals surface area contributed by atoms with Gasteiger partial charge in [-0.2, -0.15) is 0 Å². The number of nitrogens with two attached hydrogens (primary N) is 1. The maximum atomic E-state index is 6.52. The van der Waals surface area contributed by atoms with Gasteiger partial charge in [-0.3, -0.25) is 0 Å². The van der Waals surface area contributed by atoms with Gasteiger partial charge in [0, 0.05) is 6.04 Å². The minimum absolute atomic E-state index is 0.468. The smallest absolute Gasteiger partial charge is 0.00698 e. The van der Waals surface area contributed by atoms with Crippen molar-refractivity contribution in [3.8, 4) is 0 Å². The summed E-state index contributed by atoms with van der Waals surface area (Å²) in [6.07, 6.45) is 12.3. The third-order valence-electron chi connectivity index (χ3n) is 5.51. The Hall–Kier alpha value is -0.0400. The predicted molar refractivity (Wildman–Crippen MR) is 86.2 cm³/mol. The quantitative estimate of drug-likeness (QED) is 0.627. The van der Waals surface area contributed by atoms with Crippen LogP contribution in [-0.4, -0.2) is 6.04 Å². The zero-order chi connectivity index (χ0) is 14.3. The van der Waals surface area contributed by atoms with E-state index in [1.165, 1.54) is 57.8 Å². The summed E-state index contributed by atoms with van der Waals surface area (Å²) in [4.78, 5) is 0. The molecule has 1 rings (SSSR count).